The molecule has 0 aromatic carbocycles. The van der Waals surface area contributed by atoms with Crippen LogP contribution in [-0.4, -0.2) is 16.7 Å². The molecule has 0 amide bonds. The van der Waals surface area contributed by atoms with E-state index >= 15 is 0 Å². The highest BCUT2D eigenvalue weighted by molar-refractivity contribution is 5.44. The Hall–Kier alpha value is -1.62. The fraction of sp³-hybridized carbons (Fsp3) is 0.571. The number of aromatic nitrogens is 2. The quantitative estimate of drug-likeness (QED) is 0.831. The van der Waals surface area contributed by atoms with Crippen LogP contribution in [0.3, 0.4) is 0 Å². The molecule has 2 aromatic rings. The second-order valence-corrected chi connectivity index (χ2v) is 5.11. The molecule has 0 aliphatic carbocycles. The summed E-state index contributed by atoms with van der Waals surface area (Å²) in [5.41, 5.74) is 5.64. The second-order valence-electron chi connectivity index (χ2n) is 5.11. The fourth-order valence-corrected chi connectivity index (χ4v) is 2.20. The van der Waals surface area contributed by atoms with Gasteiger partial charge in [0.25, 0.3) is 0 Å². The summed E-state index contributed by atoms with van der Waals surface area (Å²) >= 11 is 0. The summed E-state index contributed by atoms with van der Waals surface area (Å²) < 4.78 is 10.5. The molecule has 5 nitrogen and oxygen atoms in total. The Morgan fingerprint density at radius 2 is 2.16 bits per heavy atom. The molecule has 0 bridgehead atoms. The minimum atomic E-state index is 0.514. The SMILES string of the molecule is CC(C)C(CCN)CCc1nc(-c2ccco2)no1. The van der Waals surface area contributed by atoms with E-state index in [0.29, 0.717) is 29.3 Å². The highest BCUT2D eigenvalue weighted by Crippen LogP contribution is 2.22. The van der Waals surface area contributed by atoms with E-state index in [1.807, 2.05) is 6.07 Å². The molecule has 2 aromatic heterocycles. The largest absolute Gasteiger partial charge is 0.461 e. The Kier molecular flexibility index (Phi) is 4.74. The van der Waals surface area contributed by atoms with E-state index in [1.54, 1.807) is 12.3 Å². The van der Waals surface area contributed by atoms with Crippen LogP contribution in [0.4, 0.5) is 0 Å². The maximum Gasteiger partial charge on any atom is 0.238 e. The number of nitrogens with zero attached hydrogens (tertiary/aromatic N) is 2. The minimum Gasteiger partial charge on any atom is -0.461 e. The average Bonchev–Trinajstić information content (AvgIpc) is 3.04. The predicted octanol–water partition coefficient (Wildman–Crippen LogP) is 2.88. The summed E-state index contributed by atoms with van der Waals surface area (Å²) in [6.45, 7) is 5.18. The molecule has 0 fully saturated rings. The van der Waals surface area contributed by atoms with Gasteiger partial charge in [0.15, 0.2) is 5.76 Å². The van der Waals surface area contributed by atoms with Gasteiger partial charge in [0, 0.05) is 6.42 Å². The zero-order chi connectivity index (χ0) is 13.7. The van der Waals surface area contributed by atoms with Crippen LogP contribution in [0.2, 0.25) is 0 Å². The molecule has 1 atom stereocenters. The van der Waals surface area contributed by atoms with E-state index in [0.717, 1.165) is 25.8 Å². The Labute approximate surface area is 113 Å². The lowest BCUT2D eigenvalue weighted by atomic mass is 9.88. The van der Waals surface area contributed by atoms with Gasteiger partial charge >= 0.3 is 0 Å². The van der Waals surface area contributed by atoms with Crippen molar-refractivity contribution in [1.29, 1.82) is 0 Å². The molecule has 2 heterocycles. The van der Waals surface area contributed by atoms with Gasteiger partial charge in [-0.15, -0.1) is 0 Å². The van der Waals surface area contributed by atoms with Gasteiger partial charge in [-0.05, 0) is 43.4 Å². The van der Waals surface area contributed by atoms with Gasteiger partial charge in [-0.2, -0.15) is 4.98 Å². The van der Waals surface area contributed by atoms with Crippen molar-refractivity contribution in [1.82, 2.24) is 10.1 Å². The number of aryl methyl sites for hydroxylation is 1. The number of rotatable bonds is 7. The Morgan fingerprint density at radius 1 is 1.32 bits per heavy atom. The summed E-state index contributed by atoms with van der Waals surface area (Å²) in [7, 11) is 0. The van der Waals surface area contributed by atoms with E-state index < -0.39 is 0 Å². The number of nitrogens with two attached hydrogens (primary N) is 1. The van der Waals surface area contributed by atoms with E-state index in [9.17, 15) is 0 Å². The third kappa shape index (κ3) is 3.67. The number of hydrogen-bond donors (Lipinski definition) is 1. The maximum absolute atomic E-state index is 5.64. The van der Waals surface area contributed by atoms with Crippen molar-refractivity contribution < 1.29 is 8.94 Å². The summed E-state index contributed by atoms with van der Waals surface area (Å²) in [6, 6.07) is 3.63. The average molecular weight is 263 g/mol. The molecule has 0 radical (unpaired) electrons. The Balaban J connectivity index is 1.93. The third-order valence-electron chi connectivity index (χ3n) is 3.42. The summed E-state index contributed by atoms with van der Waals surface area (Å²) in [5.74, 6) is 3.03. The number of furan rings is 1. The zero-order valence-corrected chi connectivity index (χ0v) is 11.5. The van der Waals surface area contributed by atoms with Gasteiger partial charge in [-0.1, -0.05) is 19.0 Å². The maximum atomic E-state index is 5.64. The monoisotopic (exact) mass is 263 g/mol. The van der Waals surface area contributed by atoms with Crippen LogP contribution in [0, 0.1) is 11.8 Å². The summed E-state index contributed by atoms with van der Waals surface area (Å²) in [6.07, 6.45) is 4.45. The molecule has 1 unspecified atom stereocenters. The first kappa shape index (κ1) is 13.8. The van der Waals surface area contributed by atoms with Crippen LogP contribution in [-0.2, 0) is 6.42 Å². The summed E-state index contributed by atoms with van der Waals surface area (Å²) in [4.78, 5) is 4.34. The van der Waals surface area contributed by atoms with Crippen LogP contribution in [0.1, 0.15) is 32.6 Å². The smallest absolute Gasteiger partial charge is 0.238 e. The molecule has 0 saturated heterocycles. The van der Waals surface area contributed by atoms with Crippen molar-refractivity contribution in [3.8, 4) is 11.6 Å². The lowest BCUT2D eigenvalue weighted by Gasteiger charge is -2.18. The molecule has 5 heteroatoms. The van der Waals surface area contributed by atoms with Crippen molar-refractivity contribution in [3.63, 3.8) is 0 Å². The normalized spacial score (nSPS) is 13.1. The standard InChI is InChI=1S/C14H21N3O2/c1-10(2)11(7-8-15)5-6-13-16-14(17-19-13)12-4-3-9-18-12/h3-4,9-11H,5-8,15H2,1-2H3. The predicted molar refractivity (Wildman–Crippen MR) is 72.3 cm³/mol. The van der Waals surface area contributed by atoms with Gasteiger partial charge in [0.05, 0.1) is 6.26 Å². The first-order valence-corrected chi connectivity index (χ1v) is 6.77. The Bertz CT molecular complexity index is 477. The van der Waals surface area contributed by atoms with E-state index in [2.05, 4.69) is 24.0 Å². The first-order chi connectivity index (χ1) is 9.20. The molecule has 0 spiro atoms. The van der Waals surface area contributed by atoms with Crippen LogP contribution >= 0.6 is 0 Å². The molecule has 0 aliphatic rings. The number of hydrogen-bond acceptors (Lipinski definition) is 5. The van der Waals surface area contributed by atoms with Gasteiger partial charge in [0.2, 0.25) is 11.7 Å². The first-order valence-electron chi connectivity index (χ1n) is 6.77. The van der Waals surface area contributed by atoms with Crippen LogP contribution in [0.5, 0.6) is 0 Å². The van der Waals surface area contributed by atoms with Gasteiger partial charge in [0.1, 0.15) is 0 Å². The topological polar surface area (TPSA) is 78.1 Å². The molecule has 104 valence electrons. The lowest BCUT2D eigenvalue weighted by molar-refractivity contribution is 0.313. The summed E-state index contributed by atoms with van der Waals surface area (Å²) in [5, 5.41) is 3.92. The van der Waals surface area contributed by atoms with Crippen molar-refractivity contribution >= 4 is 0 Å². The molecule has 2 N–H and O–H groups in total. The highest BCUT2D eigenvalue weighted by Gasteiger charge is 2.16. The van der Waals surface area contributed by atoms with E-state index in [-0.39, 0.29) is 0 Å². The zero-order valence-electron chi connectivity index (χ0n) is 11.5. The van der Waals surface area contributed by atoms with Crippen LogP contribution in [0.25, 0.3) is 11.6 Å². The van der Waals surface area contributed by atoms with E-state index in [4.69, 9.17) is 14.7 Å². The highest BCUT2D eigenvalue weighted by atomic mass is 16.5. The molecule has 0 aliphatic heterocycles. The van der Waals surface area contributed by atoms with Gasteiger partial charge in [-0.3, -0.25) is 0 Å². The molecule has 19 heavy (non-hydrogen) atoms. The Morgan fingerprint density at radius 3 is 2.79 bits per heavy atom. The van der Waals surface area contributed by atoms with Crippen molar-refractivity contribution in [2.24, 2.45) is 17.6 Å². The third-order valence-corrected chi connectivity index (χ3v) is 3.42. The molecule has 0 saturated carbocycles. The lowest BCUT2D eigenvalue weighted by Crippen LogP contribution is -2.15. The fourth-order valence-electron chi connectivity index (χ4n) is 2.20. The minimum absolute atomic E-state index is 0.514. The van der Waals surface area contributed by atoms with Crippen molar-refractivity contribution in [3.05, 3.63) is 24.3 Å². The van der Waals surface area contributed by atoms with Crippen molar-refractivity contribution in [2.45, 2.75) is 33.1 Å². The van der Waals surface area contributed by atoms with Gasteiger partial charge in [-0.25, -0.2) is 0 Å². The molecular formula is C14H21N3O2. The van der Waals surface area contributed by atoms with E-state index in [1.165, 1.54) is 0 Å². The van der Waals surface area contributed by atoms with Gasteiger partial charge < -0.3 is 14.7 Å². The second kappa shape index (κ2) is 6.52. The van der Waals surface area contributed by atoms with Crippen LogP contribution in [0.15, 0.2) is 27.3 Å². The van der Waals surface area contributed by atoms with Crippen molar-refractivity contribution in [2.75, 3.05) is 6.54 Å². The molecular weight excluding hydrogens is 242 g/mol. The van der Waals surface area contributed by atoms with Crippen LogP contribution < -0.4 is 5.73 Å². The molecule has 2 rings (SSSR count).